The lowest BCUT2D eigenvalue weighted by Gasteiger charge is -2.09. The van der Waals surface area contributed by atoms with Crippen molar-refractivity contribution in [3.05, 3.63) is 23.8 Å². The number of hydrogen-bond acceptors (Lipinski definition) is 4. The Bertz CT molecular complexity index is 351. The lowest BCUT2D eigenvalue weighted by atomic mass is 10.2. The highest BCUT2D eigenvalue weighted by Gasteiger charge is 2.06. The van der Waals surface area contributed by atoms with E-state index in [1.807, 2.05) is 0 Å². The third kappa shape index (κ3) is 3.32. The standard InChI is InChI=1S/C10H11ClO4/c1-13-8-4-3-7(6-15-10(11)12)9(5-8)14-2/h3-5H,6H2,1-2H3. The first-order valence-corrected chi connectivity index (χ1v) is 4.58. The van der Waals surface area contributed by atoms with Crippen LogP contribution in [0.5, 0.6) is 11.5 Å². The van der Waals surface area contributed by atoms with Crippen LogP contribution in [0.3, 0.4) is 0 Å². The average Bonchev–Trinajstić information content (AvgIpc) is 2.25. The number of methoxy groups -OCH3 is 2. The Kier molecular flexibility index (Phi) is 4.24. The van der Waals surface area contributed by atoms with Crippen LogP contribution < -0.4 is 9.47 Å². The van der Waals surface area contributed by atoms with E-state index in [-0.39, 0.29) is 6.61 Å². The summed E-state index contributed by atoms with van der Waals surface area (Å²) in [4.78, 5) is 10.4. The van der Waals surface area contributed by atoms with Crippen LogP contribution in [0.1, 0.15) is 5.56 Å². The Morgan fingerprint density at radius 2 is 2.07 bits per heavy atom. The van der Waals surface area contributed by atoms with E-state index < -0.39 is 5.43 Å². The summed E-state index contributed by atoms with van der Waals surface area (Å²) >= 11 is 5.06. The quantitative estimate of drug-likeness (QED) is 0.746. The Labute approximate surface area is 92.7 Å². The Morgan fingerprint density at radius 1 is 1.33 bits per heavy atom. The number of rotatable bonds is 4. The first kappa shape index (κ1) is 11.7. The average molecular weight is 231 g/mol. The lowest BCUT2D eigenvalue weighted by molar-refractivity contribution is 0.166. The van der Waals surface area contributed by atoms with E-state index in [1.165, 1.54) is 7.11 Å². The molecule has 0 amide bonds. The largest absolute Gasteiger partial charge is 0.497 e. The fourth-order valence-electron chi connectivity index (χ4n) is 1.11. The molecule has 0 atom stereocenters. The first-order valence-electron chi connectivity index (χ1n) is 4.20. The monoisotopic (exact) mass is 230 g/mol. The van der Waals surface area contributed by atoms with Gasteiger partial charge in [0.1, 0.15) is 18.1 Å². The summed E-state index contributed by atoms with van der Waals surface area (Å²) in [7, 11) is 3.09. The summed E-state index contributed by atoms with van der Waals surface area (Å²) in [6.07, 6.45) is 0. The van der Waals surface area contributed by atoms with Crippen molar-refractivity contribution in [2.24, 2.45) is 0 Å². The molecule has 4 nitrogen and oxygen atoms in total. The molecule has 5 heteroatoms. The number of benzene rings is 1. The van der Waals surface area contributed by atoms with Crippen LogP contribution in [0, 0.1) is 0 Å². The number of carbonyl (C=O) groups is 1. The number of ether oxygens (including phenoxy) is 3. The molecule has 1 rings (SSSR count). The summed E-state index contributed by atoms with van der Waals surface area (Å²) in [5.41, 5.74) is -0.111. The van der Waals surface area contributed by atoms with Crippen LogP contribution in [-0.4, -0.2) is 19.6 Å². The first-order chi connectivity index (χ1) is 7.17. The fraction of sp³-hybridized carbons (Fsp3) is 0.300. The van der Waals surface area contributed by atoms with Gasteiger partial charge < -0.3 is 14.2 Å². The second-order valence-corrected chi connectivity index (χ2v) is 3.01. The van der Waals surface area contributed by atoms with Crippen molar-refractivity contribution in [2.75, 3.05) is 14.2 Å². The van der Waals surface area contributed by atoms with Crippen molar-refractivity contribution in [3.8, 4) is 11.5 Å². The van der Waals surface area contributed by atoms with Crippen molar-refractivity contribution >= 4 is 17.0 Å². The number of carbonyl (C=O) groups excluding carboxylic acids is 1. The SMILES string of the molecule is COc1ccc(COC(=O)Cl)c(OC)c1. The molecule has 1 aromatic rings. The normalized spacial score (nSPS) is 9.53. The van der Waals surface area contributed by atoms with Gasteiger partial charge in [0.05, 0.1) is 14.2 Å². The van der Waals surface area contributed by atoms with E-state index in [9.17, 15) is 4.79 Å². The lowest BCUT2D eigenvalue weighted by Crippen LogP contribution is -1.98. The van der Waals surface area contributed by atoms with Crippen molar-refractivity contribution in [1.29, 1.82) is 0 Å². The number of halogens is 1. The zero-order valence-corrected chi connectivity index (χ0v) is 9.21. The maximum absolute atomic E-state index is 10.4. The summed E-state index contributed by atoms with van der Waals surface area (Å²) in [6, 6.07) is 5.20. The van der Waals surface area contributed by atoms with Gasteiger partial charge in [-0.2, -0.15) is 0 Å². The molecule has 0 unspecified atom stereocenters. The third-order valence-corrected chi connectivity index (χ3v) is 1.94. The molecule has 0 N–H and O–H groups in total. The van der Waals surface area contributed by atoms with Gasteiger partial charge in [0.15, 0.2) is 0 Å². The van der Waals surface area contributed by atoms with E-state index in [4.69, 9.17) is 21.1 Å². The smallest absolute Gasteiger partial charge is 0.404 e. The predicted molar refractivity (Wildman–Crippen MR) is 55.6 cm³/mol. The van der Waals surface area contributed by atoms with Gasteiger partial charge in [0.25, 0.3) is 0 Å². The molecule has 0 aliphatic heterocycles. The molecule has 0 saturated carbocycles. The molecule has 82 valence electrons. The van der Waals surface area contributed by atoms with E-state index in [0.29, 0.717) is 11.5 Å². The van der Waals surface area contributed by atoms with E-state index >= 15 is 0 Å². The minimum Gasteiger partial charge on any atom is -0.497 e. The predicted octanol–water partition coefficient (Wildman–Crippen LogP) is 2.58. The maximum atomic E-state index is 10.4. The maximum Gasteiger partial charge on any atom is 0.404 e. The van der Waals surface area contributed by atoms with Crippen LogP contribution in [0.25, 0.3) is 0 Å². The molecular weight excluding hydrogens is 220 g/mol. The fourth-order valence-corrected chi connectivity index (χ4v) is 1.16. The summed E-state index contributed by atoms with van der Waals surface area (Å²) < 4.78 is 14.8. The van der Waals surface area contributed by atoms with Crippen LogP contribution in [0.15, 0.2) is 18.2 Å². The van der Waals surface area contributed by atoms with Gasteiger partial charge in [0.2, 0.25) is 0 Å². The molecule has 0 heterocycles. The minimum absolute atomic E-state index is 0.0789. The van der Waals surface area contributed by atoms with Gasteiger partial charge >= 0.3 is 5.43 Å². The Morgan fingerprint density at radius 3 is 2.60 bits per heavy atom. The van der Waals surface area contributed by atoms with Crippen molar-refractivity contribution in [1.82, 2.24) is 0 Å². The van der Waals surface area contributed by atoms with Gasteiger partial charge in [-0.1, -0.05) is 0 Å². The van der Waals surface area contributed by atoms with Crippen LogP contribution in [0.2, 0.25) is 0 Å². The Balaban J connectivity index is 2.82. The zero-order valence-electron chi connectivity index (χ0n) is 8.45. The number of hydrogen-bond donors (Lipinski definition) is 0. The van der Waals surface area contributed by atoms with Crippen LogP contribution in [0.4, 0.5) is 4.79 Å². The molecular formula is C10H11ClO4. The second kappa shape index (κ2) is 5.46. The van der Waals surface area contributed by atoms with Gasteiger partial charge in [-0.3, -0.25) is 0 Å². The van der Waals surface area contributed by atoms with Gasteiger partial charge in [-0.05, 0) is 12.1 Å². The molecule has 0 radical (unpaired) electrons. The highest BCUT2D eigenvalue weighted by Crippen LogP contribution is 2.25. The van der Waals surface area contributed by atoms with Crippen molar-refractivity contribution in [2.45, 2.75) is 6.61 Å². The van der Waals surface area contributed by atoms with Crippen molar-refractivity contribution < 1.29 is 19.0 Å². The topological polar surface area (TPSA) is 44.8 Å². The molecule has 0 bridgehead atoms. The molecule has 15 heavy (non-hydrogen) atoms. The summed E-state index contributed by atoms with van der Waals surface area (Å²) in [6.45, 7) is 0.0789. The molecule has 0 aromatic heterocycles. The summed E-state index contributed by atoms with van der Waals surface area (Å²) in [5, 5.41) is 0. The second-order valence-electron chi connectivity index (χ2n) is 2.70. The molecule has 0 spiro atoms. The molecule has 1 aromatic carbocycles. The van der Waals surface area contributed by atoms with Crippen LogP contribution in [-0.2, 0) is 11.3 Å². The van der Waals surface area contributed by atoms with E-state index in [1.54, 1.807) is 25.3 Å². The van der Waals surface area contributed by atoms with Gasteiger partial charge in [-0.25, -0.2) is 4.79 Å². The molecule has 0 saturated heterocycles. The van der Waals surface area contributed by atoms with E-state index in [0.717, 1.165) is 5.56 Å². The highest BCUT2D eigenvalue weighted by molar-refractivity contribution is 6.61. The van der Waals surface area contributed by atoms with Gasteiger partial charge in [-0.15, -0.1) is 0 Å². The third-order valence-electron chi connectivity index (χ3n) is 1.84. The van der Waals surface area contributed by atoms with Gasteiger partial charge in [0, 0.05) is 23.2 Å². The molecule has 0 fully saturated rings. The van der Waals surface area contributed by atoms with Crippen molar-refractivity contribution in [3.63, 3.8) is 0 Å². The Hall–Kier alpha value is -1.42. The molecule has 0 aliphatic carbocycles. The summed E-state index contributed by atoms with van der Waals surface area (Å²) in [5.74, 6) is 1.26. The zero-order chi connectivity index (χ0) is 11.3. The molecule has 0 aliphatic rings. The minimum atomic E-state index is -0.840. The van der Waals surface area contributed by atoms with Crippen LogP contribution >= 0.6 is 11.6 Å². The highest BCUT2D eigenvalue weighted by atomic mass is 35.5. The van der Waals surface area contributed by atoms with E-state index in [2.05, 4.69) is 4.74 Å².